The Hall–Kier alpha value is -0.900. The van der Waals surface area contributed by atoms with Gasteiger partial charge in [0, 0.05) is 12.6 Å². The summed E-state index contributed by atoms with van der Waals surface area (Å²) < 4.78 is 2.14. The summed E-state index contributed by atoms with van der Waals surface area (Å²) in [7, 11) is 0. The molecule has 0 radical (unpaired) electrons. The molecule has 1 saturated carbocycles. The highest BCUT2D eigenvalue weighted by Crippen LogP contribution is 2.17. The van der Waals surface area contributed by atoms with E-state index in [0.29, 0.717) is 6.04 Å². The number of aryl methyl sites for hydroxylation is 1. The summed E-state index contributed by atoms with van der Waals surface area (Å²) >= 11 is 0. The molecule has 1 heterocycles. The van der Waals surface area contributed by atoms with Crippen LogP contribution in [-0.4, -0.2) is 20.8 Å². The Morgan fingerprint density at radius 2 is 2.27 bits per heavy atom. The third-order valence-electron chi connectivity index (χ3n) is 3.06. The van der Waals surface area contributed by atoms with Crippen LogP contribution in [0.3, 0.4) is 0 Å². The van der Waals surface area contributed by atoms with Gasteiger partial charge >= 0.3 is 0 Å². The van der Waals surface area contributed by atoms with Gasteiger partial charge in [0.15, 0.2) is 0 Å². The molecule has 15 heavy (non-hydrogen) atoms. The molecule has 0 bridgehead atoms. The quantitative estimate of drug-likeness (QED) is 0.801. The topological polar surface area (TPSA) is 42.7 Å². The number of hydrogen-bond donors (Lipinski definition) is 1. The summed E-state index contributed by atoms with van der Waals surface area (Å²) in [5, 5.41) is 11.7. The van der Waals surface area contributed by atoms with Gasteiger partial charge in [-0.2, -0.15) is 0 Å². The minimum absolute atomic E-state index is 0.705. The molecule has 2 rings (SSSR count). The van der Waals surface area contributed by atoms with Crippen molar-refractivity contribution in [3.8, 4) is 0 Å². The predicted molar refractivity (Wildman–Crippen MR) is 59.4 cm³/mol. The Kier molecular flexibility index (Phi) is 3.72. The van der Waals surface area contributed by atoms with Gasteiger partial charge in [-0.05, 0) is 19.3 Å². The maximum absolute atomic E-state index is 4.15. The van der Waals surface area contributed by atoms with Crippen molar-refractivity contribution in [1.82, 2.24) is 20.1 Å². The Morgan fingerprint density at radius 1 is 1.47 bits per heavy atom. The minimum atomic E-state index is 0.705. The van der Waals surface area contributed by atoms with Crippen molar-refractivity contribution in [2.75, 3.05) is 0 Å². The molecule has 1 aromatic heterocycles. The van der Waals surface area contributed by atoms with Gasteiger partial charge in [-0.15, -0.1) is 10.2 Å². The number of hydrogen-bond acceptors (Lipinski definition) is 3. The summed E-state index contributed by atoms with van der Waals surface area (Å²) in [4.78, 5) is 0. The lowest BCUT2D eigenvalue weighted by atomic mass is 10.2. The van der Waals surface area contributed by atoms with Crippen molar-refractivity contribution in [3.05, 3.63) is 12.2 Å². The van der Waals surface area contributed by atoms with Crippen molar-refractivity contribution in [3.63, 3.8) is 0 Å². The highest BCUT2D eigenvalue weighted by Gasteiger charge is 2.14. The molecular weight excluding hydrogens is 188 g/mol. The molecule has 4 heteroatoms. The summed E-state index contributed by atoms with van der Waals surface area (Å²) in [5.74, 6) is 1.07. The Morgan fingerprint density at radius 3 is 3.00 bits per heavy atom. The normalized spacial score (nSPS) is 17.4. The predicted octanol–water partition coefficient (Wildman–Crippen LogP) is 1.72. The fourth-order valence-electron chi connectivity index (χ4n) is 2.21. The van der Waals surface area contributed by atoms with Crippen molar-refractivity contribution < 1.29 is 0 Å². The van der Waals surface area contributed by atoms with Gasteiger partial charge in [0.05, 0.1) is 6.54 Å². The molecule has 0 saturated heterocycles. The van der Waals surface area contributed by atoms with Crippen LogP contribution in [0.15, 0.2) is 6.33 Å². The van der Waals surface area contributed by atoms with E-state index in [1.165, 1.54) is 25.7 Å². The molecule has 0 aliphatic heterocycles. The molecule has 84 valence electrons. The largest absolute Gasteiger partial charge is 0.317 e. The van der Waals surface area contributed by atoms with Crippen LogP contribution in [0.1, 0.15) is 44.9 Å². The number of nitrogens with zero attached hydrogens (tertiary/aromatic N) is 3. The molecule has 0 atom stereocenters. The second kappa shape index (κ2) is 5.26. The zero-order valence-electron chi connectivity index (χ0n) is 9.45. The van der Waals surface area contributed by atoms with Crippen molar-refractivity contribution >= 4 is 0 Å². The van der Waals surface area contributed by atoms with Gasteiger partial charge < -0.3 is 9.88 Å². The molecule has 1 N–H and O–H groups in total. The van der Waals surface area contributed by atoms with Gasteiger partial charge in [0.1, 0.15) is 12.2 Å². The van der Waals surface area contributed by atoms with Gasteiger partial charge in [0.2, 0.25) is 0 Å². The molecule has 4 nitrogen and oxygen atoms in total. The Bertz CT molecular complexity index is 289. The molecule has 1 aliphatic rings. The molecular formula is C11H20N4. The monoisotopic (exact) mass is 208 g/mol. The van der Waals surface area contributed by atoms with Gasteiger partial charge in [-0.3, -0.25) is 0 Å². The van der Waals surface area contributed by atoms with Crippen LogP contribution in [0.4, 0.5) is 0 Å². The third-order valence-corrected chi connectivity index (χ3v) is 3.06. The molecule has 1 aromatic rings. The first-order valence-corrected chi connectivity index (χ1v) is 6.00. The van der Waals surface area contributed by atoms with Crippen LogP contribution in [0.25, 0.3) is 0 Å². The van der Waals surface area contributed by atoms with Crippen LogP contribution in [0, 0.1) is 0 Å². The van der Waals surface area contributed by atoms with E-state index < -0.39 is 0 Å². The number of nitrogens with one attached hydrogen (secondary N) is 1. The number of rotatable bonds is 5. The summed E-state index contributed by atoms with van der Waals surface area (Å²) in [6, 6.07) is 0.705. The van der Waals surface area contributed by atoms with Gasteiger partial charge in [-0.1, -0.05) is 19.8 Å². The molecule has 0 spiro atoms. The molecule has 1 aliphatic carbocycles. The van der Waals surface area contributed by atoms with E-state index in [9.17, 15) is 0 Å². The van der Waals surface area contributed by atoms with E-state index >= 15 is 0 Å². The summed E-state index contributed by atoms with van der Waals surface area (Å²) in [5.41, 5.74) is 0. The van der Waals surface area contributed by atoms with E-state index in [1.807, 2.05) is 6.33 Å². The van der Waals surface area contributed by atoms with Gasteiger partial charge in [0.25, 0.3) is 0 Å². The molecule has 1 fully saturated rings. The fraction of sp³-hybridized carbons (Fsp3) is 0.818. The Labute approximate surface area is 91.1 Å². The van der Waals surface area contributed by atoms with E-state index in [-0.39, 0.29) is 0 Å². The Balaban J connectivity index is 1.83. The standard InChI is InChI=1S/C11H20N4/c1-2-7-15-9-13-14-11(15)8-12-10-5-3-4-6-10/h9-10,12H,2-8H2,1H3. The third kappa shape index (κ3) is 2.78. The molecule has 0 amide bonds. The van der Waals surface area contributed by atoms with Crippen molar-refractivity contribution in [1.29, 1.82) is 0 Å². The lowest BCUT2D eigenvalue weighted by Crippen LogP contribution is -2.26. The van der Waals surface area contributed by atoms with Gasteiger partial charge in [-0.25, -0.2) is 0 Å². The zero-order valence-corrected chi connectivity index (χ0v) is 9.45. The average molecular weight is 208 g/mol. The van der Waals surface area contributed by atoms with Crippen LogP contribution >= 0.6 is 0 Å². The van der Waals surface area contributed by atoms with E-state index in [0.717, 1.165) is 25.3 Å². The van der Waals surface area contributed by atoms with Crippen LogP contribution in [0.2, 0.25) is 0 Å². The number of aromatic nitrogens is 3. The minimum Gasteiger partial charge on any atom is -0.317 e. The van der Waals surface area contributed by atoms with Crippen LogP contribution < -0.4 is 5.32 Å². The van der Waals surface area contributed by atoms with Crippen molar-refractivity contribution in [2.24, 2.45) is 0 Å². The van der Waals surface area contributed by atoms with E-state index in [2.05, 4.69) is 27.0 Å². The highest BCUT2D eigenvalue weighted by atomic mass is 15.3. The smallest absolute Gasteiger partial charge is 0.146 e. The van der Waals surface area contributed by atoms with E-state index in [4.69, 9.17) is 0 Å². The first-order chi connectivity index (χ1) is 7.40. The van der Waals surface area contributed by atoms with E-state index in [1.54, 1.807) is 0 Å². The average Bonchev–Trinajstić information content (AvgIpc) is 2.85. The van der Waals surface area contributed by atoms with Crippen LogP contribution in [0.5, 0.6) is 0 Å². The maximum atomic E-state index is 4.15. The fourth-order valence-corrected chi connectivity index (χ4v) is 2.21. The van der Waals surface area contributed by atoms with Crippen molar-refractivity contribution in [2.45, 2.75) is 58.2 Å². The molecule has 0 aromatic carbocycles. The summed E-state index contributed by atoms with van der Waals surface area (Å²) in [6.07, 6.45) is 8.35. The SMILES string of the molecule is CCCn1cnnc1CNC1CCCC1. The summed E-state index contributed by atoms with van der Waals surface area (Å²) in [6.45, 7) is 4.06. The second-order valence-electron chi connectivity index (χ2n) is 4.30. The van der Waals surface area contributed by atoms with Crippen LogP contribution in [-0.2, 0) is 13.1 Å². The first-order valence-electron chi connectivity index (χ1n) is 6.00. The zero-order chi connectivity index (χ0) is 10.5. The second-order valence-corrected chi connectivity index (χ2v) is 4.30. The highest BCUT2D eigenvalue weighted by molar-refractivity contribution is 4.86. The first kappa shape index (κ1) is 10.6. The molecule has 0 unspecified atom stereocenters. The lowest BCUT2D eigenvalue weighted by Gasteiger charge is -2.11. The lowest BCUT2D eigenvalue weighted by molar-refractivity contribution is 0.497. The maximum Gasteiger partial charge on any atom is 0.146 e.